The van der Waals surface area contributed by atoms with Crippen LogP contribution in [0.1, 0.15) is 22.8 Å². The van der Waals surface area contributed by atoms with Crippen molar-refractivity contribution in [2.75, 3.05) is 6.54 Å². The van der Waals surface area contributed by atoms with E-state index in [1.165, 1.54) is 6.92 Å². The predicted octanol–water partition coefficient (Wildman–Crippen LogP) is 3.36. The van der Waals surface area contributed by atoms with Crippen LogP contribution < -0.4 is 5.32 Å². The number of benzene rings is 2. The summed E-state index contributed by atoms with van der Waals surface area (Å²) in [7, 11) is 0. The van der Waals surface area contributed by atoms with Crippen LogP contribution in [0.3, 0.4) is 0 Å². The molecule has 1 amide bonds. The maximum Gasteiger partial charge on any atom is 0.251 e. The highest BCUT2D eigenvalue weighted by molar-refractivity contribution is 9.10. The smallest absolute Gasteiger partial charge is 0.251 e. The van der Waals surface area contributed by atoms with Crippen LogP contribution in [0, 0.1) is 11.6 Å². The molecule has 1 unspecified atom stereocenters. The Balaban J connectivity index is 2.10. The fraction of sp³-hybridized carbons (Fsp3) is 0.188. The second-order valence-corrected chi connectivity index (χ2v) is 6.01. The lowest BCUT2D eigenvalue weighted by Crippen LogP contribution is -2.39. The molecule has 3 nitrogen and oxygen atoms in total. The molecule has 0 fully saturated rings. The van der Waals surface area contributed by atoms with E-state index < -0.39 is 23.1 Å². The van der Waals surface area contributed by atoms with Crippen LogP contribution in [0.5, 0.6) is 0 Å². The Bertz CT molecular complexity index is 704. The van der Waals surface area contributed by atoms with Crippen LogP contribution >= 0.6 is 15.9 Å². The van der Waals surface area contributed by atoms with Gasteiger partial charge in [-0.15, -0.1) is 0 Å². The number of hydrogen-bond acceptors (Lipinski definition) is 2. The summed E-state index contributed by atoms with van der Waals surface area (Å²) < 4.78 is 27.4. The van der Waals surface area contributed by atoms with E-state index >= 15 is 0 Å². The topological polar surface area (TPSA) is 49.3 Å². The molecule has 22 heavy (non-hydrogen) atoms. The Hall–Kier alpha value is -1.79. The standard InChI is InChI=1S/C16H14BrF2NO2/c1-16(22,13-6-5-12(18)8-14(13)19)9-20-15(21)10-3-2-4-11(17)7-10/h2-8,22H,9H2,1H3,(H,20,21). The van der Waals surface area contributed by atoms with Gasteiger partial charge in [0.2, 0.25) is 0 Å². The van der Waals surface area contributed by atoms with E-state index in [9.17, 15) is 18.7 Å². The second-order valence-electron chi connectivity index (χ2n) is 5.09. The molecule has 2 aromatic carbocycles. The van der Waals surface area contributed by atoms with Gasteiger partial charge in [-0.1, -0.05) is 28.1 Å². The lowest BCUT2D eigenvalue weighted by atomic mass is 9.95. The zero-order chi connectivity index (χ0) is 16.3. The third kappa shape index (κ3) is 3.90. The van der Waals surface area contributed by atoms with E-state index in [1.807, 2.05) is 0 Å². The summed E-state index contributed by atoms with van der Waals surface area (Å²) in [6, 6.07) is 9.65. The molecule has 116 valence electrons. The third-order valence-electron chi connectivity index (χ3n) is 3.19. The highest BCUT2D eigenvalue weighted by Gasteiger charge is 2.27. The van der Waals surface area contributed by atoms with Crippen LogP contribution in [0.2, 0.25) is 0 Å². The highest BCUT2D eigenvalue weighted by atomic mass is 79.9. The molecule has 1 atom stereocenters. The van der Waals surface area contributed by atoms with Gasteiger partial charge in [0.15, 0.2) is 0 Å². The molecule has 2 aromatic rings. The Morgan fingerprint density at radius 1 is 1.27 bits per heavy atom. The zero-order valence-electron chi connectivity index (χ0n) is 11.7. The number of hydrogen-bond donors (Lipinski definition) is 2. The van der Waals surface area contributed by atoms with Gasteiger partial charge in [-0.05, 0) is 31.2 Å². The van der Waals surface area contributed by atoms with Gasteiger partial charge in [-0.2, -0.15) is 0 Å². The maximum absolute atomic E-state index is 13.7. The Labute approximate surface area is 135 Å². The van der Waals surface area contributed by atoms with E-state index in [4.69, 9.17) is 0 Å². The Morgan fingerprint density at radius 2 is 2.00 bits per heavy atom. The molecule has 0 aromatic heterocycles. The van der Waals surface area contributed by atoms with Crippen molar-refractivity contribution in [3.8, 4) is 0 Å². The van der Waals surface area contributed by atoms with E-state index in [0.717, 1.165) is 16.6 Å². The Morgan fingerprint density at radius 3 is 2.64 bits per heavy atom. The fourth-order valence-corrected chi connectivity index (χ4v) is 2.40. The quantitative estimate of drug-likeness (QED) is 0.867. The summed E-state index contributed by atoms with van der Waals surface area (Å²) in [5.74, 6) is -1.99. The van der Waals surface area contributed by atoms with Crippen LogP contribution in [0.25, 0.3) is 0 Å². The summed E-state index contributed by atoms with van der Waals surface area (Å²) in [5.41, 5.74) is -1.33. The number of rotatable bonds is 4. The van der Waals surface area contributed by atoms with Crippen molar-refractivity contribution < 1.29 is 18.7 Å². The first-order valence-corrected chi connectivity index (χ1v) is 7.30. The van der Waals surface area contributed by atoms with E-state index in [1.54, 1.807) is 24.3 Å². The average molecular weight is 370 g/mol. The van der Waals surface area contributed by atoms with Gasteiger partial charge in [0.1, 0.15) is 17.2 Å². The van der Waals surface area contributed by atoms with E-state index in [2.05, 4.69) is 21.2 Å². The Kier molecular flexibility index (Phi) is 4.93. The van der Waals surface area contributed by atoms with E-state index in [0.29, 0.717) is 11.6 Å². The van der Waals surface area contributed by atoms with Crippen molar-refractivity contribution in [2.24, 2.45) is 0 Å². The second kappa shape index (κ2) is 6.54. The first kappa shape index (κ1) is 16.6. The monoisotopic (exact) mass is 369 g/mol. The first-order chi connectivity index (χ1) is 10.3. The summed E-state index contributed by atoms with van der Waals surface area (Å²) in [6.45, 7) is 1.14. The summed E-state index contributed by atoms with van der Waals surface area (Å²) in [5, 5.41) is 12.9. The normalized spacial score (nSPS) is 13.5. The minimum Gasteiger partial charge on any atom is -0.383 e. The van der Waals surface area contributed by atoms with Gasteiger partial charge in [0.25, 0.3) is 5.91 Å². The van der Waals surface area contributed by atoms with Crippen LogP contribution in [-0.2, 0) is 5.60 Å². The molecule has 2 N–H and O–H groups in total. The van der Waals surface area contributed by atoms with Crippen molar-refractivity contribution in [1.82, 2.24) is 5.32 Å². The predicted molar refractivity (Wildman–Crippen MR) is 82.4 cm³/mol. The lowest BCUT2D eigenvalue weighted by Gasteiger charge is -2.24. The number of nitrogens with one attached hydrogen (secondary N) is 1. The van der Waals surface area contributed by atoms with Crippen molar-refractivity contribution in [1.29, 1.82) is 0 Å². The molecule has 6 heteroatoms. The number of amides is 1. The highest BCUT2D eigenvalue weighted by Crippen LogP contribution is 2.23. The number of carbonyl (C=O) groups excluding carboxylic acids is 1. The minimum atomic E-state index is -1.65. The number of aliphatic hydroxyl groups is 1. The van der Waals surface area contributed by atoms with Gasteiger partial charge in [0.05, 0.1) is 6.54 Å². The SMILES string of the molecule is CC(O)(CNC(=O)c1cccc(Br)c1)c1ccc(F)cc1F. The minimum absolute atomic E-state index is 0.0801. The molecular formula is C16H14BrF2NO2. The molecule has 0 aliphatic carbocycles. The van der Waals surface area contributed by atoms with Gasteiger partial charge < -0.3 is 10.4 Å². The van der Waals surface area contributed by atoms with Gasteiger partial charge >= 0.3 is 0 Å². The summed E-state index contributed by atoms with van der Waals surface area (Å²) in [6.07, 6.45) is 0. The van der Waals surface area contributed by atoms with Crippen LogP contribution in [-0.4, -0.2) is 17.6 Å². The number of carbonyl (C=O) groups is 1. The zero-order valence-corrected chi connectivity index (χ0v) is 13.3. The molecule has 0 saturated heterocycles. The lowest BCUT2D eigenvalue weighted by molar-refractivity contribution is 0.0494. The van der Waals surface area contributed by atoms with Crippen molar-refractivity contribution >= 4 is 21.8 Å². The number of halogens is 3. The van der Waals surface area contributed by atoms with Gasteiger partial charge in [-0.3, -0.25) is 4.79 Å². The largest absolute Gasteiger partial charge is 0.383 e. The summed E-state index contributed by atoms with van der Waals surface area (Å²) >= 11 is 3.26. The van der Waals surface area contributed by atoms with Crippen molar-refractivity contribution in [3.63, 3.8) is 0 Å². The molecule has 0 spiro atoms. The molecular weight excluding hydrogens is 356 g/mol. The summed E-state index contributed by atoms with van der Waals surface area (Å²) in [4.78, 5) is 12.0. The van der Waals surface area contributed by atoms with E-state index in [-0.39, 0.29) is 12.1 Å². The maximum atomic E-state index is 13.7. The molecule has 0 aliphatic rings. The molecule has 0 aliphatic heterocycles. The van der Waals surface area contributed by atoms with Gasteiger partial charge in [-0.25, -0.2) is 8.78 Å². The molecule has 0 radical (unpaired) electrons. The van der Waals surface area contributed by atoms with Crippen molar-refractivity contribution in [3.05, 3.63) is 69.7 Å². The molecule has 0 heterocycles. The first-order valence-electron chi connectivity index (χ1n) is 6.51. The van der Waals surface area contributed by atoms with Gasteiger partial charge in [0, 0.05) is 21.7 Å². The third-order valence-corrected chi connectivity index (χ3v) is 3.68. The van der Waals surface area contributed by atoms with Crippen LogP contribution in [0.15, 0.2) is 46.9 Å². The molecule has 0 saturated carbocycles. The van der Waals surface area contributed by atoms with Crippen molar-refractivity contribution in [2.45, 2.75) is 12.5 Å². The molecule has 0 bridgehead atoms. The average Bonchev–Trinajstić information content (AvgIpc) is 2.44. The molecule has 2 rings (SSSR count). The fourth-order valence-electron chi connectivity index (χ4n) is 2.01. The van der Waals surface area contributed by atoms with Crippen LogP contribution in [0.4, 0.5) is 8.78 Å².